The summed E-state index contributed by atoms with van der Waals surface area (Å²) in [5, 5.41) is 18.5. The highest BCUT2D eigenvalue weighted by Gasteiger charge is 2.55. The predicted octanol–water partition coefficient (Wildman–Crippen LogP) is 3.03. The van der Waals surface area contributed by atoms with E-state index in [1.54, 1.807) is 13.2 Å². The van der Waals surface area contributed by atoms with E-state index in [2.05, 4.69) is 25.9 Å². The number of nitrogens with two attached hydrogens (primary N) is 1. The number of rotatable bonds is 8. The zero-order chi connectivity index (χ0) is 24.9. The molecule has 2 saturated carbocycles. The summed E-state index contributed by atoms with van der Waals surface area (Å²) in [6.07, 6.45) is 8.66. The van der Waals surface area contributed by atoms with Crippen molar-refractivity contribution in [3.05, 3.63) is 42.4 Å². The van der Waals surface area contributed by atoms with Crippen LogP contribution in [-0.2, 0) is 9.53 Å². The highest BCUT2D eigenvalue weighted by molar-refractivity contribution is 5.99. The molecule has 2 aromatic heterocycles. The molecule has 3 heterocycles. The minimum absolute atomic E-state index is 0.00214. The van der Waals surface area contributed by atoms with Crippen LogP contribution in [0.4, 0.5) is 17.2 Å². The van der Waals surface area contributed by atoms with Crippen LogP contribution in [0.25, 0.3) is 11.1 Å². The lowest BCUT2D eigenvalue weighted by Crippen LogP contribution is -2.21. The normalized spacial score (nSPS) is 19.8. The first-order valence-electron chi connectivity index (χ1n) is 12.1. The SMILES string of the molecule is COc1c(Nc2cc(NC(=O)C3CC3)nnc2C(N)=O)cccc1-c1cnn([C@H]2CCOC23CC3)c1. The number of carbonyl (C=O) groups excluding carboxylic acids is 2. The number of hydrogen-bond donors (Lipinski definition) is 3. The minimum atomic E-state index is -0.741. The Kier molecular flexibility index (Phi) is 5.36. The minimum Gasteiger partial charge on any atom is -0.494 e. The Morgan fingerprint density at radius 3 is 2.75 bits per heavy atom. The molecule has 0 unspecified atom stereocenters. The van der Waals surface area contributed by atoms with E-state index in [9.17, 15) is 9.59 Å². The molecule has 3 fully saturated rings. The van der Waals surface area contributed by atoms with E-state index in [0.29, 0.717) is 17.1 Å². The van der Waals surface area contributed by atoms with Crippen LogP contribution in [0.2, 0.25) is 0 Å². The van der Waals surface area contributed by atoms with Gasteiger partial charge in [-0.1, -0.05) is 12.1 Å². The van der Waals surface area contributed by atoms with E-state index in [1.165, 1.54) is 0 Å². The number of anilines is 3. The van der Waals surface area contributed by atoms with Crippen LogP contribution in [0.1, 0.15) is 48.6 Å². The quantitative estimate of drug-likeness (QED) is 0.438. The van der Waals surface area contributed by atoms with Crippen molar-refractivity contribution < 1.29 is 19.1 Å². The van der Waals surface area contributed by atoms with E-state index >= 15 is 0 Å². The van der Waals surface area contributed by atoms with Gasteiger partial charge in [-0.05, 0) is 38.2 Å². The number of aromatic nitrogens is 4. The molecule has 1 spiro atoms. The van der Waals surface area contributed by atoms with Gasteiger partial charge in [0.05, 0.1) is 36.3 Å². The topological polar surface area (TPSA) is 146 Å². The van der Waals surface area contributed by atoms with Gasteiger partial charge in [-0.15, -0.1) is 10.2 Å². The van der Waals surface area contributed by atoms with Crippen molar-refractivity contribution in [3.63, 3.8) is 0 Å². The van der Waals surface area contributed by atoms with E-state index in [-0.39, 0.29) is 35.0 Å². The van der Waals surface area contributed by atoms with Crippen LogP contribution in [0.3, 0.4) is 0 Å². The second-order valence-corrected chi connectivity index (χ2v) is 9.56. The Morgan fingerprint density at radius 1 is 1.19 bits per heavy atom. The van der Waals surface area contributed by atoms with Gasteiger partial charge in [0.15, 0.2) is 11.5 Å². The summed E-state index contributed by atoms with van der Waals surface area (Å²) < 4.78 is 13.8. The third-order valence-electron chi connectivity index (χ3n) is 7.08. The van der Waals surface area contributed by atoms with Gasteiger partial charge in [0.2, 0.25) is 5.91 Å². The Balaban J connectivity index is 1.31. The average Bonchev–Trinajstić information content (AvgIpc) is 3.76. The molecule has 36 heavy (non-hydrogen) atoms. The highest BCUT2D eigenvalue weighted by atomic mass is 16.5. The number of benzene rings is 1. The van der Waals surface area contributed by atoms with E-state index in [4.69, 9.17) is 15.2 Å². The lowest BCUT2D eigenvalue weighted by Gasteiger charge is -2.18. The van der Waals surface area contributed by atoms with Crippen molar-refractivity contribution in [1.29, 1.82) is 0 Å². The second-order valence-electron chi connectivity index (χ2n) is 9.56. The molecule has 1 saturated heterocycles. The fourth-order valence-corrected chi connectivity index (χ4v) is 4.89. The first-order chi connectivity index (χ1) is 17.5. The average molecular weight is 490 g/mol. The first-order valence-corrected chi connectivity index (χ1v) is 12.1. The van der Waals surface area contributed by atoms with Gasteiger partial charge in [0.25, 0.3) is 5.91 Å². The number of para-hydroxylation sites is 1. The number of nitrogens with one attached hydrogen (secondary N) is 2. The molecule has 11 heteroatoms. The van der Waals surface area contributed by atoms with Gasteiger partial charge in [0.1, 0.15) is 5.75 Å². The summed E-state index contributed by atoms with van der Waals surface area (Å²) in [4.78, 5) is 24.2. The summed E-state index contributed by atoms with van der Waals surface area (Å²) in [7, 11) is 1.58. The smallest absolute Gasteiger partial charge is 0.271 e. The van der Waals surface area contributed by atoms with Crippen LogP contribution < -0.4 is 21.1 Å². The molecular weight excluding hydrogens is 462 g/mol. The van der Waals surface area contributed by atoms with Gasteiger partial charge in [0, 0.05) is 35.9 Å². The lowest BCUT2D eigenvalue weighted by atomic mass is 10.1. The van der Waals surface area contributed by atoms with Crippen LogP contribution in [0, 0.1) is 5.92 Å². The maximum atomic E-state index is 12.2. The molecule has 2 aliphatic carbocycles. The molecule has 0 radical (unpaired) electrons. The molecular formula is C25H27N7O4. The van der Waals surface area contributed by atoms with E-state index < -0.39 is 5.91 Å². The summed E-state index contributed by atoms with van der Waals surface area (Å²) in [5.41, 5.74) is 8.09. The van der Waals surface area contributed by atoms with Gasteiger partial charge in [-0.25, -0.2) is 0 Å². The van der Waals surface area contributed by atoms with Gasteiger partial charge < -0.3 is 25.8 Å². The van der Waals surface area contributed by atoms with Gasteiger partial charge in [-0.3, -0.25) is 14.3 Å². The maximum Gasteiger partial charge on any atom is 0.271 e. The maximum absolute atomic E-state index is 12.2. The third kappa shape index (κ3) is 4.05. The molecule has 3 aliphatic rings. The molecule has 1 atom stereocenters. The van der Waals surface area contributed by atoms with Gasteiger partial charge in [-0.2, -0.15) is 5.10 Å². The summed E-state index contributed by atoms with van der Waals surface area (Å²) in [5.74, 6) is -0.0453. The molecule has 6 rings (SSSR count). The van der Waals surface area contributed by atoms with Crippen LogP contribution in [0.15, 0.2) is 36.7 Å². The largest absolute Gasteiger partial charge is 0.494 e. The zero-order valence-corrected chi connectivity index (χ0v) is 19.9. The highest BCUT2D eigenvalue weighted by Crippen LogP contribution is 2.53. The number of hydrogen-bond acceptors (Lipinski definition) is 8. The fourth-order valence-electron chi connectivity index (χ4n) is 4.89. The molecule has 1 aromatic carbocycles. The number of nitrogens with zero attached hydrogens (tertiary/aromatic N) is 4. The van der Waals surface area contributed by atoms with Crippen molar-refractivity contribution in [3.8, 4) is 16.9 Å². The summed E-state index contributed by atoms with van der Waals surface area (Å²) in [6, 6.07) is 7.44. The number of carbonyl (C=O) groups is 2. The number of primary amides is 1. The fraction of sp³-hybridized carbons (Fsp3) is 0.400. The zero-order valence-electron chi connectivity index (χ0n) is 19.9. The number of methoxy groups -OCH3 is 1. The van der Waals surface area contributed by atoms with E-state index in [1.807, 2.05) is 35.3 Å². The molecule has 11 nitrogen and oxygen atoms in total. The molecule has 3 aromatic rings. The van der Waals surface area contributed by atoms with Crippen molar-refractivity contribution in [2.24, 2.45) is 11.7 Å². The molecule has 1 aliphatic heterocycles. The molecule has 0 bridgehead atoms. The standard InChI is InChI=1S/C25H27N7O4/c1-35-22-16(15-12-27-32(13-15)19-7-10-36-25(19)8-9-25)3-2-4-17(22)28-18-11-20(29-24(34)14-5-6-14)30-31-21(18)23(26)33/h2-4,11-14,19H,5-10H2,1H3,(H2,26,33)(H2,28,29,30,34)/t19-/m0/s1. The molecule has 186 valence electrons. The Bertz CT molecular complexity index is 1350. The van der Waals surface area contributed by atoms with Crippen LogP contribution in [-0.4, -0.2) is 51.1 Å². The second kappa shape index (κ2) is 8.59. The monoisotopic (exact) mass is 489 g/mol. The Morgan fingerprint density at radius 2 is 2.03 bits per heavy atom. The number of ether oxygens (including phenoxy) is 2. The van der Waals surface area contributed by atoms with Crippen molar-refractivity contribution in [2.45, 2.75) is 43.7 Å². The number of amides is 2. The van der Waals surface area contributed by atoms with Crippen LogP contribution in [0.5, 0.6) is 5.75 Å². The molecule has 2 amide bonds. The summed E-state index contributed by atoms with van der Waals surface area (Å²) >= 11 is 0. The van der Waals surface area contributed by atoms with Crippen LogP contribution >= 0.6 is 0 Å². The van der Waals surface area contributed by atoms with Crippen molar-refractivity contribution in [1.82, 2.24) is 20.0 Å². The third-order valence-corrected chi connectivity index (χ3v) is 7.08. The summed E-state index contributed by atoms with van der Waals surface area (Å²) in [6.45, 7) is 0.758. The molecule has 4 N–H and O–H groups in total. The van der Waals surface area contributed by atoms with Crippen molar-refractivity contribution in [2.75, 3.05) is 24.4 Å². The lowest BCUT2D eigenvalue weighted by molar-refractivity contribution is -0.117. The Labute approximate surface area is 207 Å². The van der Waals surface area contributed by atoms with E-state index in [0.717, 1.165) is 49.8 Å². The predicted molar refractivity (Wildman–Crippen MR) is 131 cm³/mol. The Hall–Kier alpha value is -3.99. The first kappa shape index (κ1) is 22.5. The van der Waals surface area contributed by atoms with Gasteiger partial charge >= 0.3 is 0 Å². The van der Waals surface area contributed by atoms with Crippen molar-refractivity contribution >= 4 is 29.0 Å².